The molecule has 38 nitrogen and oxygen atoms in total. The van der Waals surface area contributed by atoms with Crippen LogP contribution in [0.4, 0.5) is 46.5 Å². The van der Waals surface area contributed by atoms with E-state index in [1.807, 2.05) is 293 Å². The molecule has 136 heavy (non-hydrogen) atoms. The maximum Gasteiger partial charge on any atom is 0.270 e. The molecule has 1 aliphatic rings. The third-order valence-electron chi connectivity index (χ3n) is 22.9. The average molecular weight is 1820 g/mol. The molecule has 16 heterocycles. The Bertz CT molecular complexity index is 7840. The van der Waals surface area contributed by atoms with Crippen molar-refractivity contribution < 1.29 is 19.2 Å². The van der Waals surface area contributed by atoms with Crippen molar-refractivity contribution in [2.24, 2.45) is 42.3 Å². The summed E-state index contributed by atoms with van der Waals surface area (Å²) in [5, 5.41) is 35.7. The number of hydrogen-bond acceptors (Lipinski definition) is 23. The van der Waals surface area contributed by atoms with Crippen LogP contribution in [0, 0.1) is 34.6 Å². The molecule has 0 radical (unpaired) electrons. The lowest BCUT2D eigenvalue weighted by molar-refractivity contribution is 0.0741. The number of benzene rings is 5. The van der Waals surface area contributed by atoms with Gasteiger partial charge >= 0.3 is 0 Å². The minimum absolute atomic E-state index is 0.0206. The van der Waals surface area contributed by atoms with E-state index in [1.54, 1.807) is 66.7 Å². The number of nitrogens with one attached hydrogen (secondary N) is 10. The van der Waals surface area contributed by atoms with Crippen molar-refractivity contribution in [2.45, 2.75) is 80.8 Å². The van der Waals surface area contributed by atoms with E-state index in [4.69, 9.17) is 0 Å². The number of aromatic amines is 4. The van der Waals surface area contributed by atoms with Crippen LogP contribution in [0.5, 0.6) is 0 Å². The highest BCUT2D eigenvalue weighted by Gasteiger charge is 2.29. The van der Waals surface area contributed by atoms with Crippen LogP contribution in [-0.4, -0.2) is 168 Å². The minimum Gasteiger partial charge on any atom is -0.350 e. The fraction of sp³-hybridized carbons (Fsp3) is 0.194. The topological polar surface area (TPSA) is 438 Å². The number of carbonyl (C=O) groups excluding carboxylic acids is 4. The molecule has 0 aliphatic carbocycles. The van der Waals surface area contributed by atoms with Gasteiger partial charge in [0.25, 0.3) is 23.6 Å². The van der Waals surface area contributed by atoms with Crippen molar-refractivity contribution in [1.29, 1.82) is 0 Å². The monoisotopic (exact) mass is 1810 g/mol. The quantitative estimate of drug-likeness (QED) is 0.0284. The Morgan fingerprint density at radius 1 is 0.419 bits per heavy atom. The van der Waals surface area contributed by atoms with Gasteiger partial charge in [-0.2, -0.15) is 15.3 Å². The maximum absolute atomic E-state index is 13.2. The Balaban J connectivity index is 0.000000121. The molecule has 5 aromatic carbocycles. The molecule has 0 atom stereocenters. The molecule has 1 aliphatic heterocycles. The van der Waals surface area contributed by atoms with E-state index in [9.17, 15) is 19.2 Å². The largest absolute Gasteiger partial charge is 0.350 e. The van der Waals surface area contributed by atoms with Crippen molar-refractivity contribution in [2.75, 3.05) is 28.3 Å². The zero-order chi connectivity index (χ0) is 94.5. The molecule has 21 rings (SSSR count). The normalized spacial score (nSPS) is 11.6. The first-order valence-electron chi connectivity index (χ1n) is 43.8. The van der Waals surface area contributed by atoms with Gasteiger partial charge in [-0.3, -0.25) is 33.2 Å². The number of fused-ring (bicyclic) bond motifs is 5. The molecule has 684 valence electrons. The van der Waals surface area contributed by atoms with Crippen LogP contribution in [0.3, 0.4) is 0 Å². The molecule has 38 heteroatoms. The maximum atomic E-state index is 13.2. The van der Waals surface area contributed by atoms with E-state index in [-0.39, 0.29) is 23.6 Å². The number of rotatable bonds is 23. The first-order chi connectivity index (χ1) is 65.7. The number of carbonyl (C=O) groups is 4. The van der Waals surface area contributed by atoms with E-state index in [0.717, 1.165) is 175 Å². The number of imidazole rings is 4. The number of H-pyrrole nitrogens is 4. The number of aromatic nitrogens is 26. The van der Waals surface area contributed by atoms with E-state index in [0.29, 0.717) is 79.3 Å². The number of amides is 4. The fourth-order valence-electron chi connectivity index (χ4n) is 16.2. The molecule has 0 saturated carbocycles. The lowest BCUT2D eigenvalue weighted by atomic mass is 10.1. The first-order valence-corrected chi connectivity index (χ1v) is 43.8. The Morgan fingerprint density at radius 3 is 1.20 bits per heavy atom. The fourth-order valence-corrected chi connectivity index (χ4v) is 16.2. The summed E-state index contributed by atoms with van der Waals surface area (Å²) >= 11 is 0. The van der Waals surface area contributed by atoms with E-state index >= 15 is 0 Å². The van der Waals surface area contributed by atoms with Gasteiger partial charge in [0.1, 0.15) is 45.6 Å². The summed E-state index contributed by atoms with van der Waals surface area (Å²) in [6, 6.07) is 44.5. The molecule has 0 saturated heterocycles. The Morgan fingerprint density at radius 2 is 0.816 bits per heavy atom. The Labute approximate surface area is 779 Å². The zero-order valence-corrected chi connectivity index (χ0v) is 77.0. The van der Waals surface area contributed by atoms with Crippen LogP contribution in [0.2, 0.25) is 0 Å². The molecule has 0 unspecified atom stereocenters. The van der Waals surface area contributed by atoms with Crippen molar-refractivity contribution in [1.82, 2.24) is 148 Å². The predicted molar refractivity (Wildman–Crippen MR) is 519 cm³/mol. The van der Waals surface area contributed by atoms with Gasteiger partial charge < -0.3 is 79.9 Å². The smallest absolute Gasteiger partial charge is 0.270 e. The van der Waals surface area contributed by atoms with Gasteiger partial charge in [-0.1, -0.05) is 30.3 Å². The number of aryl methyl sites for hydroxylation is 12. The summed E-state index contributed by atoms with van der Waals surface area (Å²) in [6.07, 6.45) is 25.1. The van der Waals surface area contributed by atoms with Crippen LogP contribution in [0.1, 0.15) is 105 Å². The summed E-state index contributed by atoms with van der Waals surface area (Å²) in [5.74, 6) is 1.49. The molecule has 10 N–H and O–H groups in total. The van der Waals surface area contributed by atoms with Crippen LogP contribution >= 0.6 is 0 Å². The molecule has 15 aromatic heterocycles. The number of nitrogens with zero attached hydrogens (tertiary/aromatic N) is 24. The second kappa shape index (κ2) is 38.3. The summed E-state index contributed by atoms with van der Waals surface area (Å²) in [7, 11) is 13.3. The molecular formula is C98H98N34O4. The van der Waals surface area contributed by atoms with Gasteiger partial charge in [0, 0.05) is 197 Å². The van der Waals surface area contributed by atoms with Gasteiger partial charge in [0.05, 0.1) is 96.7 Å². The SMILES string of the molecule is CCn1ccc(CNC(=O)c2cc3cc(Nc4nccc(-c5cn(C)cn5)n4)cc(C)c3[nH]2)n1.Cc1cc(CN(C)C(=O)c2cc3cc(Nc4nccc(-c5cn(C)cn5)n4)cc(C)c3[nH]2)n(C)n1.Cc1cc(Nc2nccc(-c3cn(C)cn3)n2)cc2cc(C(=O)N3Cc4cnn(C)c4C3)[nH]c12.Cc1cc(Nc2nccc(-c3cn(C)cn3)n2)cc2cc(C(=O)NCc3ccccc3)[nH]c12. The van der Waals surface area contributed by atoms with Gasteiger partial charge in [0.15, 0.2) is 0 Å². The van der Waals surface area contributed by atoms with Crippen molar-refractivity contribution in [3.63, 3.8) is 0 Å². The van der Waals surface area contributed by atoms with Gasteiger partial charge in [-0.25, -0.2) is 59.8 Å². The molecule has 0 spiro atoms. The molecule has 4 amide bonds. The van der Waals surface area contributed by atoms with Crippen LogP contribution in [-0.2, 0) is 81.6 Å². The highest BCUT2D eigenvalue weighted by molar-refractivity contribution is 6.03. The highest BCUT2D eigenvalue weighted by atomic mass is 16.2. The summed E-state index contributed by atoms with van der Waals surface area (Å²) in [6.45, 7) is 15.2. The summed E-state index contributed by atoms with van der Waals surface area (Å²) in [5.41, 5.74) is 25.3. The third-order valence-corrected chi connectivity index (χ3v) is 22.9. The molecule has 0 bridgehead atoms. The standard InChI is InChI=1S/C25H27N9O.C25H23N7O.C24H23N9O.C24H25N9O/c1-15-8-18(28-25-26-7-6-20(30-25)22-13-32(3)14-27-22)10-17-11-21(29-23(15)17)24(35)33(4)12-19-9-16(2)31-34(19)5;1-16-10-19(29-25-26-9-8-20(31-25)22-14-32(2)15-28-22)11-18-12-21(30-23(16)18)24(33)27-13-17-6-4-3-5-7-17;1-14-6-17(28-24-25-5-4-18(30-24)20-11-31(2)13-26-20)7-15-8-19(29-22(14)15)23(34)33-10-16-9-27-32(3)21(16)12-33;1-4-33-8-6-17(31-33)12-26-23(34)20-11-16-10-18(9-15(2)22(16)29-20)28-24-25-7-5-19(30-24)21-13-32(3)14-27-21/h6-11,13-14,29H,12H2,1-5H3,(H,26,28,30);3-12,14-15,30H,13H2,1-2H3,(H,27,33)(H,26,29,31);4-9,11,13,29H,10,12H2,1-3H3,(H,25,28,30);5-11,13-14,29H,4,12H2,1-3H3,(H,26,34)(H,25,28,30). The van der Waals surface area contributed by atoms with Gasteiger partial charge in [-0.15, -0.1) is 0 Å². The van der Waals surface area contributed by atoms with E-state index in [2.05, 4.69) is 127 Å². The third kappa shape index (κ3) is 20.2. The van der Waals surface area contributed by atoms with E-state index in [1.165, 1.54) is 0 Å². The van der Waals surface area contributed by atoms with Gasteiger partial charge in [-0.05, 0) is 179 Å². The molecular weight excluding hydrogens is 1720 g/mol. The predicted octanol–water partition coefficient (Wildman–Crippen LogP) is 14.9. The van der Waals surface area contributed by atoms with Crippen LogP contribution < -0.4 is 31.9 Å². The highest BCUT2D eigenvalue weighted by Crippen LogP contribution is 2.34. The van der Waals surface area contributed by atoms with Crippen LogP contribution in [0.25, 0.3) is 89.2 Å². The second-order valence-electron chi connectivity index (χ2n) is 33.5. The molecule has 20 aromatic rings. The lowest BCUT2D eigenvalue weighted by Crippen LogP contribution is -2.27. The number of hydrogen-bond donors (Lipinski definition) is 10. The lowest BCUT2D eigenvalue weighted by Gasteiger charge is -2.16. The second-order valence-corrected chi connectivity index (χ2v) is 33.5. The van der Waals surface area contributed by atoms with E-state index < -0.39 is 0 Å². The number of anilines is 8. The Hall–Kier alpha value is -17.9. The first kappa shape index (κ1) is 88.8. The van der Waals surface area contributed by atoms with Crippen molar-refractivity contribution in [3.8, 4) is 45.6 Å². The average Bonchev–Trinajstić information content (AvgIpc) is 1.62. The summed E-state index contributed by atoms with van der Waals surface area (Å²) < 4.78 is 13.0. The summed E-state index contributed by atoms with van der Waals surface area (Å²) in [4.78, 5) is 121. The van der Waals surface area contributed by atoms with Crippen molar-refractivity contribution in [3.05, 3.63) is 306 Å². The van der Waals surface area contributed by atoms with Gasteiger partial charge in [0.2, 0.25) is 23.8 Å². The molecule has 0 fully saturated rings. The Kier molecular flexibility index (Phi) is 25.0. The minimum atomic E-state index is -0.178. The zero-order valence-electron chi connectivity index (χ0n) is 77.0. The van der Waals surface area contributed by atoms with Crippen molar-refractivity contribution >= 4 is 114 Å². The van der Waals surface area contributed by atoms with Crippen LogP contribution in [0.15, 0.2) is 227 Å².